The van der Waals surface area contributed by atoms with Crippen LogP contribution < -0.4 is 5.73 Å². The van der Waals surface area contributed by atoms with Crippen molar-refractivity contribution in [1.29, 1.82) is 0 Å². The van der Waals surface area contributed by atoms with E-state index in [1.54, 1.807) is 40.9 Å². The molecular weight excluding hydrogens is 305 g/mol. The fourth-order valence-electron chi connectivity index (χ4n) is 1.93. The first-order valence-corrected chi connectivity index (χ1v) is 6.59. The number of nitrogens with two attached hydrogens (primary N) is 1. The van der Waals surface area contributed by atoms with Gasteiger partial charge < -0.3 is 5.73 Å². The van der Waals surface area contributed by atoms with E-state index in [-0.39, 0.29) is 0 Å². The summed E-state index contributed by atoms with van der Waals surface area (Å²) in [6.07, 6.45) is 1.80. The molecule has 19 heavy (non-hydrogen) atoms. The average molecular weight is 313 g/mol. The highest BCUT2D eigenvalue weighted by molar-refractivity contribution is 6.36. The smallest absolute Gasteiger partial charge is 0.157 e. The highest BCUT2D eigenvalue weighted by Crippen LogP contribution is 2.34. The molecule has 0 radical (unpaired) electrons. The van der Waals surface area contributed by atoms with Crippen LogP contribution in [0.5, 0.6) is 0 Å². The van der Waals surface area contributed by atoms with Crippen LogP contribution in [0, 0.1) is 0 Å². The van der Waals surface area contributed by atoms with Crippen LogP contribution in [0.1, 0.15) is 0 Å². The standard InChI is InChI=1S/C13H8Cl3N3/c14-7-3-4-8(10(16)6-7)11-12(17)19-5-1-2-9(15)13(19)18-11/h1-6H,17H2. The van der Waals surface area contributed by atoms with Crippen molar-refractivity contribution in [2.75, 3.05) is 5.73 Å². The maximum absolute atomic E-state index is 6.18. The van der Waals surface area contributed by atoms with Gasteiger partial charge in [-0.15, -0.1) is 0 Å². The zero-order chi connectivity index (χ0) is 13.6. The molecule has 2 heterocycles. The van der Waals surface area contributed by atoms with Gasteiger partial charge in [0.05, 0.1) is 10.0 Å². The van der Waals surface area contributed by atoms with Gasteiger partial charge in [-0.25, -0.2) is 4.98 Å². The van der Waals surface area contributed by atoms with Crippen LogP contribution in [0.25, 0.3) is 16.9 Å². The zero-order valence-electron chi connectivity index (χ0n) is 9.57. The van der Waals surface area contributed by atoms with Gasteiger partial charge in [-0.05, 0) is 30.3 Å². The minimum Gasteiger partial charge on any atom is -0.383 e. The molecule has 0 saturated carbocycles. The molecule has 2 N–H and O–H groups in total. The van der Waals surface area contributed by atoms with Gasteiger partial charge in [0.15, 0.2) is 5.65 Å². The van der Waals surface area contributed by atoms with Crippen LogP contribution in [0.15, 0.2) is 36.5 Å². The van der Waals surface area contributed by atoms with E-state index in [0.29, 0.717) is 32.2 Å². The summed E-state index contributed by atoms with van der Waals surface area (Å²) in [5.41, 5.74) is 8.01. The Balaban J connectivity index is 2.31. The number of nitrogen functional groups attached to an aromatic ring is 1. The Morgan fingerprint density at radius 3 is 2.53 bits per heavy atom. The Kier molecular flexibility index (Phi) is 3.05. The molecule has 0 aliphatic heterocycles. The van der Waals surface area contributed by atoms with Gasteiger partial charge in [-0.3, -0.25) is 4.40 Å². The first-order valence-electron chi connectivity index (χ1n) is 5.45. The number of aromatic nitrogens is 2. The van der Waals surface area contributed by atoms with Crippen LogP contribution in [-0.2, 0) is 0 Å². The van der Waals surface area contributed by atoms with Crippen molar-refractivity contribution in [3.63, 3.8) is 0 Å². The van der Waals surface area contributed by atoms with E-state index >= 15 is 0 Å². The molecule has 0 amide bonds. The summed E-state index contributed by atoms with van der Waals surface area (Å²) in [7, 11) is 0. The minimum absolute atomic E-state index is 0.488. The summed E-state index contributed by atoms with van der Waals surface area (Å²) >= 11 is 18.2. The molecule has 3 aromatic rings. The van der Waals surface area contributed by atoms with Gasteiger partial charge >= 0.3 is 0 Å². The first-order chi connectivity index (χ1) is 9.08. The number of pyridine rings is 1. The van der Waals surface area contributed by atoms with Gasteiger partial charge in [-0.1, -0.05) is 34.8 Å². The third-order valence-corrected chi connectivity index (χ3v) is 3.67. The van der Waals surface area contributed by atoms with Gasteiger partial charge in [0.1, 0.15) is 11.5 Å². The Labute approximate surface area is 124 Å². The number of hydrogen-bond donors (Lipinski definition) is 1. The van der Waals surface area contributed by atoms with Gasteiger partial charge in [0, 0.05) is 16.8 Å². The van der Waals surface area contributed by atoms with Crippen LogP contribution >= 0.6 is 34.8 Å². The molecule has 0 unspecified atom stereocenters. The van der Waals surface area contributed by atoms with Crippen molar-refractivity contribution in [3.8, 4) is 11.3 Å². The Hall–Kier alpha value is -1.42. The zero-order valence-corrected chi connectivity index (χ0v) is 11.8. The molecule has 0 aliphatic rings. The van der Waals surface area contributed by atoms with Gasteiger partial charge in [0.2, 0.25) is 0 Å². The lowest BCUT2D eigenvalue weighted by atomic mass is 10.1. The molecule has 96 valence electrons. The lowest BCUT2D eigenvalue weighted by Gasteiger charge is -2.02. The number of benzene rings is 1. The third kappa shape index (κ3) is 2.04. The topological polar surface area (TPSA) is 43.3 Å². The minimum atomic E-state index is 0.488. The number of hydrogen-bond acceptors (Lipinski definition) is 2. The number of nitrogens with zero attached hydrogens (tertiary/aromatic N) is 2. The Morgan fingerprint density at radius 2 is 1.84 bits per heavy atom. The highest BCUT2D eigenvalue weighted by atomic mass is 35.5. The largest absolute Gasteiger partial charge is 0.383 e. The van der Waals surface area contributed by atoms with E-state index in [0.717, 1.165) is 5.56 Å². The summed E-state index contributed by atoms with van der Waals surface area (Å²) in [4.78, 5) is 4.45. The number of anilines is 1. The molecular formula is C13H8Cl3N3. The van der Waals surface area contributed by atoms with Crippen molar-refractivity contribution in [2.24, 2.45) is 0 Å². The van der Waals surface area contributed by atoms with E-state index in [1.807, 2.05) is 0 Å². The quantitative estimate of drug-likeness (QED) is 0.716. The second-order valence-electron chi connectivity index (χ2n) is 4.02. The van der Waals surface area contributed by atoms with Crippen molar-refractivity contribution >= 4 is 46.3 Å². The summed E-state index contributed by atoms with van der Waals surface area (Å²) in [6, 6.07) is 8.76. The van der Waals surface area contributed by atoms with E-state index < -0.39 is 0 Å². The SMILES string of the molecule is Nc1c(-c2ccc(Cl)cc2Cl)nc2c(Cl)cccn12. The molecule has 3 nitrogen and oxygen atoms in total. The Morgan fingerprint density at radius 1 is 1.05 bits per heavy atom. The lowest BCUT2D eigenvalue weighted by molar-refractivity contribution is 1.20. The molecule has 0 fully saturated rings. The monoisotopic (exact) mass is 311 g/mol. The fourth-order valence-corrected chi connectivity index (χ4v) is 2.64. The predicted octanol–water partition coefficient (Wildman–Crippen LogP) is 4.54. The number of imidazole rings is 1. The normalized spacial score (nSPS) is 11.1. The maximum Gasteiger partial charge on any atom is 0.157 e. The fraction of sp³-hybridized carbons (Fsp3) is 0. The molecule has 1 aromatic carbocycles. The molecule has 0 bridgehead atoms. The predicted molar refractivity (Wildman–Crippen MR) is 80.1 cm³/mol. The lowest BCUT2D eigenvalue weighted by Crippen LogP contribution is -1.94. The number of halogens is 3. The summed E-state index contributed by atoms with van der Waals surface area (Å²) in [5.74, 6) is 0.488. The number of rotatable bonds is 1. The van der Waals surface area contributed by atoms with Crippen LogP contribution in [-0.4, -0.2) is 9.38 Å². The molecule has 6 heteroatoms. The summed E-state index contributed by atoms with van der Waals surface area (Å²) in [5, 5.41) is 1.60. The molecule has 0 aliphatic carbocycles. The second kappa shape index (κ2) is 4.60. The van der Waals surface area contributed by atoms with Crippen molar-refractivity contribution in [3.05, 3.63) is 51.6 Å². The van der Waals surface area contributed by atoms with E-state index in [9.17, 15) is 0 Å². The molecule has 0 saturated heterocycles. The van der Waals surface area contributed by atoms with Crippen molar-refractivity contribution < 1.29 is 0 Å². The van der Waals surface area contributed by atoms with E-state index in [1.165, 1.54) is 0 Å². The molecule has 0 atom stereocenters. The van der Waals surface area contributed by atoms with E-state index in [4.69, 9.17) is 40.5 Å². The van der Waals surface area contributed by atoms with Crippen LogP contribution in [0.3, 0.4) is 0 Å². The van der Waals surface area contributed by atoms with Crippen molar-refractivity contribution in [2.45, 2.75) is 0 Å². The van der Waals surface area contributed by atoms with Crippen LogP contribution in [0.4, 0.5) is 5.82 Å². The third-order valence-electron chi connectivity index (χ3n) is 2.83. The highest BCUT2D eigenvalue weighted by Gasteiger charge is 2.15. The Bertz CT molecular complexity index is 780. The molecule has 3 rings (SSSR count). The maximum atomic E-state index is 6.18. The second-order valence-corrected chi connectivity index (χ2v) is 5.27. The molecule has 0 spiro atoms. The summed E-state index contributed by atoms with van der Waals surface area (Å²) < 4.78 is 1.72. The average Bonchev–Trinajstić information content (AvgIpc) is 2.69. The number of fused-ring (bicyclic) bond motifs is 1. The first kappa shape index (κ1) is 12.6. The van der Waals surface area contributed by atoms with Crippen LogP contribution in [0.2, 0.25) is 15.1 Å². The van der Waals surface area contributed by atoms with Gasteiger partial charge in [-0.2, -0.15) is 0 Å². The van der Waals surface area contributed by atoms with E-state index in [2.05, 4.69) is 4.98 Å². The molecule has 2 aromatic heterocycles. The van der Waals surface area contributed by atoms with Crippen molar-refractivity contribution in [1.82, 2.24) is 9.38 Å². The van der Waals surface area contributed by atoms with Gasteiger partial charge in [0.25, 0.3) is 0 Å². The summed E-state index contributed by atoms with van der Waals surface area (Å²) in [6.45, 7) is 0.